The topological polar surface area (TPSA) is 80.9 Å². The molecule has 0 atom stereocenters. The predicted molar refractivity (Wildman–Crippen MR) is 72.2 cm³/mol. The van der Waals surface area contributed by atoms with Crippen molar-refractivity contribution in [1.29, 1.82) is 0 Å². The van der Waals surface area contributed by atoms with E-state index in [-0.39, 0.29) is 6.42 Å². The molecule has 20 heavy (non-hydrogen) atoms. The maximum atomic E-state index is 10.6. The molecule has 3 rings (SSSR count). The Morgan fingerprint density at radius 2 is 2.10 bits per heavy atom. The minimum absolute atomic E-state index is 0.117. The van der Waals surface area contributed by atoms with Gasteiger partial charge in [0.25, 0.3) is 0 Å². The average Bonchev–Trinajstić information content (AvgIpc) is 2.86. The van der Waals surface area contributed by atoms with Crippen molar-refractivity contribution in [3.8, 4) is 0 Å². The molecule has 2 heterocycles. The van der Waals surface area contributed by atoms with E-state index in [4.69, 9.17) is 5.11 Å². The summed E-state index contributed by atoms with van der Waals surface area (Å²) < 4.78 is 1.63. The Morgan fingerprint density at radius 3 is 2.95 bits per heavy atom. The molecule has 0 aliphatic rings. The van der Waals surface area contributed by atoms with Crippen LogP contribution in [0.2, 0.25) is 0 Å². The number of aromatic nitrogens is 4. The van der Waals surface area contributed by atoms with E-state index in [9.17, 15) is 4.79 Å². The Balaban J connectivity index is 1.89. The highest BCUT2D eigenvalue weighted by Crippen LogP contribution is 2.16. The van der Waals surface area contributed by atoms with Gasteiger partial charge in [0.15, 0.2) is 0 Å². The van der Waals surface area contributed by atoms with Gasteiger partial charge in [0.05, 0.1) is 24.2 Å². The minimum atomic E-state index is -0.913. The number of fused-ring (bicyclic) bond motifs is 1. The van der Waals surface area contributed by atoms with Crippen molar-refractivity contribution in [2.75, 3.05) is 0 Å². The zero-order valence-corrected chi connectivity index (χ0v) is 10.6. The molecule has 6 nitrogen and oxygen atoms in total. The summed E-state index contributed by atoms with van der Waals surface area (Å²) in [5.41, 5.74) is 2.39. The van der Waals surface area contributed by atoms with Crippen LogP contribution < -0.4 is 0 Å². The normalized spacial score (nSPS) is 10.8. The molecule has 0 bridgehead atoms. The minimum Gasteiger partial charge on any atom is -0.481 e. The lowest BCUT2D eigenvalue weighted by Gasteiger charge is -2.04. The molecule has 3 aromatic rings. The predicted octanol–water partition coefficient (Wildman–Crippen LogP) is 1.50. The molecule has 0 saturated heterocycles. The first-order chi connectivity index (χ1) is 9.72. The van der Waals surface area contributed by atoms with Crippen molar-refractivity contribution in [2.24, 2.45) is 0 Å². The molecule has 0 aliphatic heterocycles. The highest BCUT2D eigenvalue weighted by Gasteiger charge is 2.07. The summed E-state index contributed by atoms with van der Waals surface area (Å²) in [4.78, 5) is 15.0. The summed E-state index contributed by atoms with van der Waals surface area (Å²) in [6.45, 7) is 0.515. The second-order valence-electron chi connectivity index (χ2n) is 4.47. The van der Waals surface area contributed by atoms with Gasteiger partial charge in [-0.15, -0.1) is 5.10 Å². The molecular formula is C14H12N4O2. The number of hydrogen-bond donors (Lipinski definition) is 1. The van der Waals surface area contributed by atoms with Gasteiger partial charge in [-0.2, -0.15) is 0 Å². The van der Waals surface area contributed by atoms with Crippen LogP contribution in [0.15, 0.2) is 42.7 Å². The molecule has 1 aromatic carbocycles. The van der Waals surface area contributed by atoms with Crippen molar-refractivity contribution >= 4 is 16.9 Å². The summed E-state index contributed by atoms with van der Waals surface area (Å²) in [7, 11) is 0. The van der Waals surface area contributed by atoms with Crippen LogP contribution in [0.25, 0.3) is 10.9 Å². The van der Waals surface area contributed by atoms with E-state index in [2.05, 4.69) is 15.3 Å². The molecule has 0 amide bonds. The van der Waals surface area contributed by atoms with Gasteiger partial charge in [0.2, 0.25) is 0 Å². The third kappa shape index (κ3) is 2.49. The third-order valence-electron chi connectivity index (χ3n) is 2.97. The molecule has 0 aliphatic carbocycles. The standard InChI is InChI=1S/C14H12N4O2/c19-13(20)7-12-9-18(17-16-12)8-11-4-1-3-10-5-2-6-15-14(10)11/h1-6,9H,7-8H2,(H,19,20). The molecule has 1 N–H and O–H groups in total. The van der Waals surface area contributed by atoms with Gasteiger partial charge in [-0.3, -0.25) is 9.78 Å². The van der Waals surface area contributed by atoms with Gasteiger partial charge in [0, 0.05) is 17.8 Å². The number of rotatable bonds is 4. The number of carboxylic acids is 1. The van der Waals surface area contributed by atoms with Crippen molar-refractivity contribution in [1.82, 2.24) is 20.0 Å². The summed E-state index contributed by atoms with van der Waals surface area (Å²) in [5, 5.41) is 17.6. The van der Waals surface area contributed by atoms with Crippen molar-refractivity contribution in [3.05, 3.63) is 54.0 Å². The largest absolute Gasteiger partial charge is 0.481 e. The first-order valence-corrected chi connectivity index (χ1v) is 6.16. The molecule has 0 spiro atoms. The fourth-order valence-corrected chi connectivity index (χ4v) is 2.12. The first kappa shape index (κ1) is 12.3. The van der Waals surface area contributed by atoms with Crippen LogP contribution in [0.5, 0.6) is 0 Å². The van der Waals surface area contributed by atoms with Gasteiger partial charge in [0.1, 0.15) is 0 Å². The second kappa shape index (κ2) is 5.08. The van der Waals surface area contributed by atoms with Crippen molar-refractivity contribution < 1.29 is 9.90 Å². The Bertz CT molecular complexity index is 761. The van der Waals surface area contributed by atoms with Crippen molar-refractivity contribution in [3.63, 3.8) is 0 Å². The van der Waals surface area contributed by atoms with Gasteiger partial charge >= 0.3 is 5.97 Å². The fourth-order valence-electron chi connectivity index (χ4n) is 2.12. The Labute approximate surface area is 114 Å². The van der Waals surface area contributed by atoms with Crippen LogP contribution in [0.4, 0.5) is 0 Å². The van der Waals surface area contributed by atoms with E-state index in [1.807, 2.05) is 30.3 Å². The molecule has 6 heteroatoms. The number of pyridine rings is 1. The maximum Gasteiger partial charge on any atom is 0.309 e. The van der Waals surface area contributed by atoms with E-state index < -0.39 is 5.97 Å². The molecule has 0 unspecified atom stereocenters. The Morgan fingerprint density at radius 1 is 1.25 bits per heavy atom. The molecular weight excluding hydrogens is 256 g/mol. The molecule has 100 valence electrons. The number of nitrogens with zero attached hydrogens (tertiary/aromatic N) is 4. The number of para-hydroxylation sites is 1. The van der Waals surface area contributed by atoms with Crippen LogP contribution in [0, 0.1) is 0 Å². The van der Waals surface area contributed by atoms with Crippen LogP contribution in [0.3, 0.4) is 0 Å². The summed E-state index contributed by atoms with van der Waals surface area (Å²) in [5.74, 6) is -0.913. The number of aliphatic carboxylic acids is 1. The summed E-state index contributed by atoms with van der Waals surface area (Å²) in [6, 6.07) is 9.85. The van der Waals surface area contributed by atoms with Gasteiger partial charge in [-0.1, -0.05) is 29.5 Å². The van der Waals surface area contributed by atoms with Crippen LogP contribution in [0.1, 0.15) is 11.3 Å². The Hall–Kier alpha value is -2.76. The molecule has 0 radical (unpaired) electrons. The smallest absolute Gasteiger partial charge is 0.309 e. The van der Waals surface area contributed by atoms with Crippen LogP contribution >= 0.6 is 0 Å². The third-order valence-corrected chi connectivity index (χ3v) is 2.97. The highest BCUT2D eigenvalue weighted by molar-refractivity contribution is 5.81. The average molecular weight is 268 g/mol. The van der Waals surface area contributed by atoms with E-state index in [1.54, 1.807) is 17.1 Å². The number of carbonyl (C=O) groups is 1. The summed E-state index contributed by atoms with van der Waals surface area (Å²) >= 11 is 0. The number of carboxylic acid groups (broad SMARTS) is 1. The van der Waals surface area contributed by atoms with E-state index in [0.29, 0.717) is 12.2 Å². The summed E-state index contributed by atoms with van der Waals surface area (Å²) in [6.07, 6.45) is 3.28. The zero-order valence-electron chi connectivity index (χ0n) is 10.6. The SMILES string of the molecule is O=C(O)Cc1cn(Cc2cccc3cccnc23)nn1. The van der Waals surface area contributed by atoms with Gasteiger partial charge in [-0.25, -0.2) is 4.68 Å². The fraction of sp³-hybridized carbons (Fsp3) is 0.143. The molecule has 0 fully saturated rings. The van der Waals surface area contributed by atoms with Crippen LogP contribution in [-0.4, -0.2) is 31.1 Å². The number of benzene rings is 1. The van der Waals surface area contributed by atoms with E-state index in [1.165, 1.54) is 0 Å². The van der Waals surface area contributed by atoms with E-state index in [0.717, 1.165) is 16.5 Å². The van der Waals surface area contributed by atoms with Crippen molar-refractivity contribution in [2.45, 2.75) is 13.0 Å². The monoisotopic (exact) mass is 268 g/mol. The lowest BCUT2D eigenvalue weighted by Crippen LogP contribution is -2.02. The molecule has 2 aromatic heterocycles. The molecule has 0 saturated carbocycles. The lowest BCUT2D eigenvalue weighted by atomic mass is 10.1. The first-order valence-electron chi connectivity index (χ1n) is 6.16. The second-order valence-corrected chi connectivity index (χ2v) is 4.47. The maximum absolute atomic E-state index is 10.6. The lowest BCUT2D eigenvalue weighted by molar-refractivity contribution is -0.136. The van der Waals surface area contributed by atoms with Crippen LogP contribution in [-0.2, 0) is 17.8 Å². The van der Waals surface area contributed by atoms with Gasteiger partial charge in [-0.05, 0) is 11.6 Å². The van der Waals surface area contributed by atoms with Gasteiger partial charge < -0.3 is 5.11 Å². The quantitative estimate of drug-likeness (QED) is 0.775. The number of hydrogen-bond acceptors (Lipinski definition) is 4. The highest BCUT2D eigenvalue weighted by atomic mass is 16.4. The Kier molecular flexibility index (Phi) is 3.12. The van der Waals surface area contributed by atoms with E-state index >= 15 is 0 Å². The zero-order chi connectivity index (χ0) is 13.9.